The Morgan fingerprint density at radius 2 is 1.94 bits per heavy atom. The van der Waals surface area contributed by atoms with Gasteiger partial charge in [-0.05, 0) is 0 Å². The van der Waals surface area contributed by atoms with Gasteiger partial charge in [0.2, 0.25) is 0 Å². The molecule has 0 spiro atoms. The molecule has 8 heteroatoms. The molecule has 2 atom stereocenters. The van der Waals surface area contributed by atoms with E-state index in [1.807, 2.05) is 0 Å². The first-order chi connectivity index (χ1) is 7.84. The van der Waals surface area contributed by atoms with Gasteiger partial charge in [-0.1, -0.05) is 13.8 Å². The van der Waals surface area contributed by atoms with E-state index in [2.05, 4.69) is 0 Å². The van der Waals surface area contributed by atoms with Crippen molar-refractivity contribution in [1.82, 2.24) is 8.61 Å². The predicted molar refractivity (Wildman–Crippen MR) is 60.6 cm³/mol. The number of aliphatic hydroxyl groups is 1. The highest BCUT2D eigenvalue weighted by atomic mass is 32.2. The van der Waals surface area contributed by atoms with Gasteiger partial charge < -0.3 is 10.2 Å². The zero-order chi connectivity index (χ0) is 13.2. The zero-order valence-corrected chi connectivity index (χ0v) is 10.7. The summed E-state index contributed by atoms with van der Waals surface area (Å²) in [7, 11) is -3.80. The molecule has 0 unspecified atom stereocenters. The fourth-order valence-corrected chi connectivity index (χ4v) is 3.77. The van der Waals surface area contributed by atoms with Crippen LogP contribution in [0, 0.1) is 0 Å². The summed E-state index contributed by atoms with van der Waals surface area (Å²) in [6.45, 7) is 3.76. The van der Waals surface area contributed by atoms with Gasteiger partial charge in [0, 0.05) is 26.1 Å². The zero-order valence-electron chi connectivity index (χ0n) is 9.90. The van der Waals surface area contributed by atoms with Crippen molar-refractivity contribution >= 4 is 16.2 Å². The van der Waals surface area contributed by atoms with Crippen LogP contribution in [-0.2, 0) is 15.0 Å². The molecular weight excluding hydrogens is 248 g/mol. The monoisotopic (exact) mass is 266 g/mol. The second-order valence-corrected chi connectivity index (χ2v) is 5.79. The Labute approximate surface area is 101 Å². The third kappa shape index (κ3) is 2.76. The molecule has 1 heterocycles. The van der Waals surface area contributed by atoms with Gasteiger partial charge >= 0.3 is 5.97 Å². The largest absolute Gasteiger partial charge is 0.480 e. The average molecular weight is 266 g/mol. The summed E-state index contributed by atoms with van der Waals surface area (Å²) in [5, 5.41) is 18.4. The van der Waals surface area contributed by atoms with E-state index < -0.39 is 28.3 Å². The first kappa shape index (κ1) is 14.4. The molecule has 17 heavy (non-hydrogen) atoms. The molecule has 0 aromatic heterocycles. The molecule has 7 nitrogen and oxygen atoms in total. The Morgan fingerprint density at radius 3 is 2.35 bits per heavy atom. The van der Waals surface area contributed by atoms with E-state index in [0.29, 0.717) is 0 Å². The maximum absolute atomic E-state index is 12.1. The Balaban J connectivity index is 3.01. The van der Waals surface area contributed by atoms with E-state index in [1.165, 1.54) is 4.31 Å². The number of aliphatic carboxylic acids is 1. The van der Waals surface area contributed by atoms with E-state index in [4.69, 9.17) is 5.11 Å². The molecule has 2 N–H and O–H groups in total. The third-order valence-corrected chi connectivity index (χ3v) is 5.01. The number of hydrogen-bond donors (Lipinski definition) is 2. The predicted octanol–water partition coefficient (Wildman–Crippen LogP) is -0.907. The summed E-state index contributed by atoms with van der Waals surface area (Å²) in [6, 6.07) is -1.17. The van der Waals surface area contributed by atoms with Crippen molar-refractivity contribution in [3.05, 3.63) is 0 Å². The van der Waals surface area contributed by atoms with Crippen LogP contribution in [0.25, 0.3) is 0 Å². The molecule has 0 radical (unpaired) electrons. The van der Waals surface area contributed by atoms with Crippen molar-refractivity contribution in [2.24, 2.45) is 0 Å². The maximum Gasteiger partial charge on any atom is 0.322 e. The second-order valence-electron chi connectivity index (χ2n) is 3.91. The number of β-amino-alcohol motifs (C(OH)–C–C–N with tert-alkyl or cyclic N) is 1. The van der Waals surface area contributed by atoms with Crippen LogP contribution in [0.1, 0.15) is 20.3 Å². The molecule has 1 saturated heterocycles. The van der Waals surface area contributed by atoms with Crippen molar-refractivity contribution in [1.29, 1.82) is 0 Å². The van der Waals surface area contributed by atoms with E-state index in [-0.39, 0.29) is 26.1 Å². The van der Waals surface area contributed by atoms with Crippen LogP contribution in [0.15, 0.2) is 0 Å². The fraction of sp³-hybridized carbons (Fsp3) is 0.889. The second kappa shape index (κ2) is 5.30. The Morgan fingerprint density at radius 1 is 1.41 bits per heavy atom. The molecule has 0 aliphatic carbocycles. The van der Waals surface area contributed by atoms with Gasteiger partial charge in [0.15, 0.2) is 0 Å². The molecule has 1 aliphatic rings. The van der Waals surface area contributed by atoms with Crippen LogP contribution in [0.4, 0.5) is 0 Å². The van der Waals surface area contributed by atoms with Crippen LogP contribution < -0.4 is 0 Å². The van der Waals surface area contributed by atoms with Gasteiger partial charge in [-0.25, -0.2) is 0 Å². The van der Waals surface area contributed by atoms with Crippen LogP contribution in [0.2, 0.25) is 0 Å². The van der Waals surface area contributed by atoms with Crippen LogP contribution in [-0.4, -0.2) is 65.0 Å². The molecule has 0 amide bonds. The lowest BCUT2D eigenvalue weighted by molar-refractivity contribution is -0.140. The summed E-state index contributed by atoms with van der Waals surface area (Å²) >= 11 is 0. The highest BCUT2D eigenvalue weighted by molar-refractivity contribution is 7.86. The van der Waals surface area contributed by atoms with Gasteiger partial charge in [0.05, 0.1) is 6.10 Å². The van der Waals surface area contributed by atoms with Gasteiger partial charge in [0.1, 0.15) is 6.04 Å². The molecule has 1 fully saturated rings. The van der Waals surface area contributed by atoms with Crippen molar-refractivity contribution < 1.29 is 23.4 Å². The number of carbonyl (C=O) groups is 1. The fourth-order valence-electron chi connectivity index (χ4n) is 1.96. The SMILES string of the molecule is CCN(CC)S(=O)(=O)N1C[C@H](O)C[C@H]1C(=O)O. The average Bonchev–Trinajstić information content (AvgIpc) is 2.62. The number of hydrogen-bond acceptors (Lipinski definition) is 4. The Bertz CT molecular complexity index is 379. The van der Waals surface area contributed by atoms with E-state index >= 15 is 0 Å². The quantitative estimate of drug-likeness (QED) is 0.671. The molecule has 100 valence electrons. The standard InChI is InChI=1S/C9H18N2O5S/c1-3-10(4-2)17(15,16)11-6-7(12)5-8(11)9(13)14/h7-8,12H,3-6H2,1-2H3,(H,13,14)/t7-,8+/m1/s1. The lowest BCUT2D eigenvalue weighted by Crippen LogP contribution is -2.48. The summed E-state index contributed by atoms with van der Waals surface area (Å²) in [6.07, 6.45) is -0.975. The van der Waals surface area contributed by atoms with Gasteiger partial charge in [-0.2, -0.15) is 17.0 Å². The number of rotatable bonds is 5. The highest BCUT2D eigenvalue weighted by Gasteiger charge is 2.44. The van der Waals surface area contributed by atoms with Gasteiger partial charge in [-0.15, -0.1) is 0 Å². The maximum atomic E-state index is 12.1. The van der Waals surface area contributed by atoms with Crippen LogP contribution in [0.5, 0.6) is 0 Å². The number of aliphatic hydroxyl groups excluding tert-OH is 1. The van der Waals surface area contributed by atoms with Gasteiger partial charge in [-0.3, -0.25) is 4.79 Å². The molecule has 0 aromatic carbocycles. The van der Waals surface area contributed by atoms with Crippen LogP contribution in [0.3, 0.4) is 0 Å². The topological polar surface area (TPSA) is 98.2 Å². The molecule has 1 rings (SSSR count). The first-order valence-corrected chi connectivity index (χ1v) is 6.92. The van der Waals surface area contributed by atoms with Crippen molar-refractivity contribution in [3.8, 4) is 0 Å². The molecule has 0 saturated carbocycles. The van der Waals surface area contributed by atoms with Gasteiger partial charge in [0.25, 0.3) is 10.2 Å². The molecule has 0 bridgehead atoms. The smallest absolute Gasteiger partial charge is 0.322 e. The molecule has 0 aromatic rings. The minimum atomic E-state index is -3.80. The Hall–Kier alpha value is -0.700. The summed E-state index contributed by atoms with van der Waals surface area (Å²) in [4.78, 5) is 11.0. The lowest BCUT2D eigenvalue weighted by atomic mass is 10.2. The minimum absolute atomic E-state index is 0.0597. The van der Waals surface area contributed by atoms with E-state index in [0.717, 1.165) is 4.31 Å². The van der Waals surface area contributed by atoms with Crippen molar-refractivity contribution in [3.63, 3.8) is 0 Å². The summed E-state index contributed by atoms with van der Waals surface area (Å²) in [5.41, 5.74) is 0. The molecular formula is C9H18N2O5S. The Kier molecular flexibility index (Phi) is 4.48. The summed E-state index contributed by atoms with van der Waals surface area (Å²) < 4.78 is 26.3. The molecule has 1 aliphatic heterocycles. The number of carboxylic acids is 1. The minimum Gasteiger partial charge on any atom is -0.480 e. The third-order valence-electron chi connectivity index (χ3n) is 2.85. The van der Waals surface area contributed by atoms with Crippen LogP contribution >= 0.6 is 0 Å². The summed E-state index contributed by atoms with van der Waals surface area (Å²) in [5.74, 6) is -1.22. The van der Waals surface area contributed by atoms with Crippen molar-refractivity contribution in [2.75, 3.05) is 19.6 Å². The number of nitrogens with zero attached hydrogens (tertiary/aromatic N) is 2. The van der Waals surface area contributed by atoms with Crippen molar-refractivity contribution in [2.45, 2.75) is 32.4 Å². The lowest BCUT2D eigenvalue weighted by Gasteiger charge is -2.27. The highest BCUT2D eigenvalue weighted by Crippen LogP contribution is 2.23. The number of carboxylic acid groups (broad SMARTS) is 1. The van der Waals surface area contributed by atoms with E-state index in [9.17, 15) is 18.3 Å². The van der Waals surface area contributed by atoms with E-state index in [1.54, 1.807) is 13.8 Å². The normalized spacial score (nSPS) is 26.6. The first-order valence-electron chi connectivity index (χ1n) is 5.52.